The zero-order valence-electron chi connectivity index (χ0n) is 21.4. The predicted octanol–water partition coefficient (Wildman–Crippen LogP) is 8.92. The Bertz CT molecular complexity index is 2150. The van der Waals surface area contributed by atoms with Crippen LogP contribution in [0.5, 0.6) is 0 Å². The van der Waals surface area contributed by atoms with Gasteiger partial charge in [-0.25, -0.2) is 0 Å². The van der Waals surface area contributed by atoms with Crippen LogP contribution in [-0.2, 0) is 0 Å². The number of nitrogens with zero attached hydrogens (tertiary/aromatic N) is 3. The van der Waals surface area contributed by atoms with Crippen LogP contribution in [-0.4, -0.2) is 20.4 Å². The minimum absolute atomic E-state index is 0.746. The third-order valence-electron chi connectivity index (χ3n) is 7.48. The second-order valence-electron chi connectivity index (χ2n) is 9.79. The lowest BCUT2D eigenvalue weighted by Gasteiger charge is -2.13. The third kappa shape index (κ3) is 3.45. The van der Waals surface area contributed by atoms with E-state index in [4.69, 9.17) is 9.52 Å². The van der Waals surface area contributed by atoms with E-state index in [-0.39, 0.29) is 0 Å². The summed E-state index contributed by atoms with van der Waals surface area (Å²) in [5.41, 5.74) is 10.2. The number of furan rings is 1. The minimum atomic E-state index is 0.746. The first-order valence-corrected chi connectivity index (χ1v) is 13.2. The van der Waals surface area contributed by atoms with Crippen molar-refractivity contribution in [2.75, 3.05) is 0 Å². The number of rotatable bonds is 4. The molecule has 3 heterocycles. The quantitative estimate of drug-likeness (QED) is 0.255. The number of para-hydroxylation sites is 1. The molecular weight excluding hydrogens is 492 g/mol. The van der Waals surface area contributed by atoms with E-state index in [9.17, 15) is 0 Å². The van der Waals surface area contributed by atoms with Crippen molar-refractivity contribution in [3.8, 4) is 44.9 Å². The van der Waals surface area contributed by atoms with Gasteiger partial charge in [0.05, 0.1) is 16.6 Å². The molecule has 0 aliphatic heterocycles. The Morgan fingerprint density at radius 2 is 1.07 bits per heavy atom. The fraction of sp³-hybridized carbons (Fsp3) is 0. The first-order valence-electron chi connectivity index (χ1n) is 13.2. The zero-order chi connectivity index (χ0) is 26.5. The summed E-state index contributed by atoms with van der Waals surface area (Å²) >= 11 is 0. The second-order valence-corrected chi connectivity index (χ2v) is 9.79. The van der Waals surface area contributed by atoms with Crippen LogP contribution >= 0.6 is 0 Å². The highest BCUT2D eigenvalue weighted by atomic mass is 16.3. The maximum Gasteiger partial charge on any atom is 0.137 e. The molecule has 0 saturated carbocycles. The van der Waals surface area contributed by atoms with E-state index in [1.807, 2.05) is 60.7 Å². The van der Waals surface area contributed by atoms with Crippen LogP contribution in [0.3, 0.4) is 0 Å². The Labute approximate surface area is 229 Å². The molecule has 0 aliphatic carbocycles. The smallest absolute Gasteiger partial charge is 0.137 e. The van der Waals surface area contributed by atoms with Crippen LogP contribution in [0.1, 0.15) is 0 Å². The summed E-state index contributed by atoms with van der Waals surface area (Å²) in [6, 6.07) is 43.3. The van der Waals surface area contributed by atoms with Gasteiger partial charge in [0, 0.05) is 27.5 Å². The van der Waals surface area contributed by atoms with Crippen molar-refractivity contribution >= 4 is 32.8 Å². The van der Waals surface area contributed by atoms with E-state index in [1.165, 1.54) is 0 Å². The molecule has 0 radical (unpaired) electrons. The first-order chi connectivity index (χ1) is 19.9. The number of H-pyrrole nitrogens is 1. The number of fused-ring (bicyclic) bond motifs is 5. The molecule has 8 rings (SSSR count). The summed E-state index contributed by atoms with van der Waals surface area (Å²) in [7, 11) is 0. The Hall–Kier alpha value is -5.55. The van der Waals surface area contributed by atoms with Crippen molar-refractivity contribution in [3.05, 3.63) is 127 Å². The number of aromatic nitrogens is 4. The highest BCUT2D eigenvalue weighted by Gasteiger charge is 2.25. The number of nitrogens with one attached hydrogen (secondary N) is 1. The maximum atomic E-state index is 6.23. The summed E-state index contributed by atoms with van der Waals surface area (Å²) in [5, 5.41) is 16.8. The lowest BCUT2D eigenvalue weighted by atomic mass is 9.93. The summed E-state index contributed by atoms with van der Waals surface area (Å²) in [4.78, 5) is 3.80. The molecule has 0 bridgehead atoms. The summed E-state index contributed by atoms with van der Waals surface area (Å²) in [6.07, 6.45) is 0. The molecule has 0 unspecified atom stereocenters. The molecule has 8 aromatic rings. The lowest BCUT2D eigenvalue weighted by Crippen LogP contribution is -2.01. The molecule has 40 heavy (non-hydrogen) atoms. The van der Waals surface area contributed by atoms with Crippen LogP contribution in [0.2, 0.25) is 0 Å². The number of benzene rings is 5. The Kier molecular flexibility index (Phi) is 5.07. The number of hydrogen-bond donors (Lipinski definition) is 1. The fourth-order valence-corrected chi connectivity index (χ4v) is 5.73. The van der Waals surface area contributed by atoms with E-state index in [2.05, 4.69) is 82.0 Å². The van der Waals surface area contributed by atoms with E-state index < -0.39 is 0 Å². The van der Waals surface area contributed by atoms with Gasteiger partial charge in [-0.05, 0) is 34.5 Å². The molecule has 3 aromatic heterocycles. The van der Waals surface area contributed by atoms with Crippen molar-refractivity contribution in [2.24, 2.45) is 0 Å². The monoisotopic (exact) mass is 514 g/mol. The predicted molar refractivity (Wildman–Crippen MR) is 161 cm³/mol. The van der Waals surface area contributed by atoms with Crippen LogP contribution < -0.4 is 0 Å². The van der Waals surface area contributed by atoms with Gasteiger partial charge in [-0.1, -0.05) is 109 Å². The van der Waals surface area contributed by atoms with Gasteiger partial charge in [0.25, 0.3) is 0 Å². The molecule has 188 valence electrons. The second kappa shape index (κ2) is 9.03. The van der Waals surface area contributed by atoms with Gasteiger partial charge in [0.1, 0.15) is 22.6 Å². The van der Waals surface area contributed by atoms with Gasteiger partial charge < -0.3 is 9.40 Å². The number of aromatic amines is 1. The molecule has 0 fully saturated rings. The largest absolute Gasteiger partial charge is 0.456 e. The van der Waals surface area contributed by atoms with Crippen molar-refractivity contribution < 1.29 is 4.42 Å². The van der Waals surface area contributed by atoms with Gasteiger partial charge in [0.2, 0.25) is 0 Å². The average Bonchev–Trinajstić information content (AvgIpc) is 3.60. The molecule has 0 amide bonds. The van der Waals surface area contributed by atoms with Crippen molar-refractivity contribution in [1.82, 2.24) is 20.4 Å². The molecule has 5 nitrogen and oxygen atoms in total. The van der Waals surface area contributed by atoms with Gasteiger partial charge in [0.15, 0.2) is 0 Å². The third-order valence-corrected chi connectivity index (χ3v) is 7.48. The average molecular weight is 515 g/mol. The molecule has 1 N–H and O–H groups in total. The first kappa shape index (κ1) is 22.4. The molecule has 0 saturated heterocycles. The molecule has 0 spiro atoms. The van der Waals surface area contributed by atoms with Gasteiger partial charge in [-0.15, -0.1) is 10.2 Å². The highest BCUT2D eigenvalue weighted by molar-refractivity contribution is 6.22. The molecule has 5 aromatic carbocycles. The van der Waals surface area contributed by atoms with Crippen LogP contribution in [0.15, 0.2) is 132 Å². The van der Waals surface area contributed by atoms with Gasteiger partial charge in [-0.3, -0.25) is 0 Å². The Morgan fingerprint density at radius 3 is 1.80 bits per heavy atom. The molecule has 0 aliphatic rings. The normalized spacial score (nSPS) is 11.5. The van der Waals surface area contributed by atoms with Crippen molar-refractivity contribution in [1.29, 1.82) is 0 Å². The summed E-state index contributed by atoms with van der Waals surface area (Å²) < 4.78 is 6.23. The molecule has 0 atom stereocenters. The van der Waals surface area contributed by atoms with Crippen LogP contribution in [0.4, 0.5) is 0 Å². The van der Waals surface area contributed by atoms with Crippen molar-refractivity contribution in [2.45, 2.75) is 0 Å². The van der Waals surface area contributed by atoms with E-state index >= 15 is 0 Å². The Morgan fingerprint density at radius 1 is 0.475 bits per heavy atom. The van der Waals surface area contributed by atoms with Crippen LogP contribution in [0, 0.1) is 0 Å². The number of hydrogen-bond acceptors (Lipinski definition) is 4. The van der Waals surface area contributed by atoms with Crippen LogP contribution in [0.25, 0.3) is 77.7 Å². The lowest BCUT2D eigenvalue weighted by molar-refractivity contribution is 0.669. The van der Waals surface area contributed by atoms with Gasteiger partial charge in [-0.2, -0.15) is 0 Å². The van der Waals surface area contributed by atoms with E-state index in [0.29, 0.717) is 0 Å². The topological polar surface area (TPSA) is 67.6 Å². The summed E-state index contributed by atoms with van der Waals surface area (Å²) in [6.45, 7) is 0. The molecule has 5 heteroatoms. The Balaban J connectivity index is 1.52. The molecular formula is C35H22N4O. The van der Waals surface area contributed by atoms with Gasteiger partial charge >= 0.3 is 0 Å². The van der Waals surface area contributed by atoms with Crippen molar-refractivity contribution in [3.63, 3.8) is 0 Å². The minimum Gasteiger partial charge on any atom is -0.456 e. The van der Waals surface area contributed by atoms with E-state index in [0.717, 1.165) is 77.7 Å². The fourth-order valence-electron chi connectivity index (χ4n) is 5.73. The summed E-state index contributed by atoms with van der Waals surface area (Å²) in [5.74, 6) is 0. The SMILES string of the molecule is c1ccc(-c2nnnc(-c3[nH]c4c(ccc5oc6ccccc6c54)c3-c3ccccc3)c2-c2ccccc2)cc1. The maximum absolute atomic E-state index is 6.23. The standard InChI is InChI=1S/C35H22N4O/c1-4-12-22(13-5-1)29-26-20-21-28-31(25-18-10-11-19-27(25)40-28)33(26)36-34(29)35-30(23-14-6-2-7-15-23)32(37-39-38-35)24-16-8-3-9-17-24/h1-21,36H. The highest BCUT2D eigenvalue weighted by Crippen LogP contribution is 2.45. The van der Waals surface area contributed by atoms with E-state index in [1.54, 1.807) is 0 Å². The zero-order valence-corrected chi connectivity index (χ0v) is 21.4.